The van der Waals surface area contributed by atoms with Crippen molar-refractivity contribution < 1.29 is 56.8 Å². The Hall–Kier alpha value is -5.85. The van der Waals surface area contributed by atoms with Crippen LogP contribution < -0.4 is 20.7 Å². The molecule has 1 saturated carbocycles. The third-order valence-electron chi connectivity index (χ3n) is 12.2. The molecule has 16 nitrogen and oxygen atoms in total. The summed E-state index contributed by atoms with van der Waals surface area (Å²) in [7, 11) is 0. The molecule has 4 aromatic rings. The van der Waals surface area contributed by atoms with Gasteiger partial charge in [-0.2, -0.15) is 0 Å². The monoisotopic (exact) mass is 911 g/mol. The van der Waals surface area contributed by atoms with Crippen molar-refractivity contribution in [2.45, 2.75) is 57.4 Å². The lowest BCUT2D eigenvalue weighted by atomic mass is 9.73. The lowest BCUT2D eigenvalue weighted by molar-refractivity contribution is -0.136. The van der Waals surface area contributed by atoms with Crippen LogP contribution in [0.1, 0.15) is 77.6 Å². The van der Waals surface area contributed by atoms with Gasteiger partial charge < -0.3 is 39.1 Å². The zero-order chi connectivity index (χ0) is 46.3. The molecule has 352 valence electrons. The average molecular weight is 912 g/mol. The minimum absolute atomic E-state index is 0.00167. The van der Waals surface area contributed by atoms with Gasteiger partial charge in [-0.1, -0.05) is 13.0 Å². The van der Waals surface area contributed by atoms with E-state index >= 15 is 0 Å². The van der Waals surface area contributed by atoms with Crippen molar-refractivity contribution in [2.75, 3.05) is 89.9 Å². The number of piperidine rings is 1. The first-order valence-electron chi connectivity index (χ1n) is 22.7. The van der Waals surface area contributed by atoms with E-state index < -0.39 is 29.7 Å². The Balaban J connectivity index is 0.649. The van der Waals surface area contributed by atoms with Gasteiger partial charge in [0, 0.05) is 41.8 Å². The molecular formula is C49H58FN5O11. The maximum Gasteiger partial charge on any atom is 0.264 e. The highest BCUT2D eigenvalue weighted by molar-refractivity contribution is 6.25. The third-order valence-corrected chi connectivity index (χ3v) is 12.2. The molecule has 0 radical (unpaired) electrons. The first-order valence-corrected chi connectivity index (χ1v) is 22.7. The molecule has 3 aromatic carbocycles. The summed E-state index contributed by atoms with van der Waals surface area (Å²) in [5.74, 6) is -1.29. The number of rotatable bonds is 25. The third kappa shape index (κ3) is 12.7. The van der Waals surface area contributed by atoms with Crippen molar-refractivity contribution in [3.05, 3.63) is 95.4 Å². The maximum atomic E-state index is 14.0. The van der Waals surface area contributed by atoms with Gasteiger partial charge >= 0.3 is 0 Å². The first-order chi connectivity index (χ1) is 32.2. The van der Waals surface area contributed by atoms with E-state index in [9.17, 15) is 28.4 Å². The molecule has 1 unspecified atom stereocenters. The van der Waals surface area contributed by atoms with E-state index in [1.807, 2.05) is 37.3 Å². The van der Waals surface area contributed by atoms with Crippen LogP contribution >= 0.6 is 0 Å². The van der Waals surface area contributed by atoms with Crippen LogP contribution in [0.5, 0.6) is 5.75 Å². The molecule has 2 fully saturated rings. The number of hydrogen-bond acceptors (Lipinski definition) is 13. The molecule has 66 heavy (non-hydrogen) atoms. The fourth-order valence-electron chi connectivity index (χ4n) is 8.65. The highest BCUT2D eigenvalue weighted by atomic mass is 19.1. The Morgan fingerprint density at radius 3 is 2.09 bits per heavy atom. The Kier molecular flexibility index (Phi) is 17.5. The average Bonchev–Trinajstić information content (AvgIpc) is 3.58. The lowest BCUT2D eigenvalue weighted by Crippen LogP contribution is -2.54. The van der Waals surface area contributed by atoms with Gasteiger partial charge in [-0.05, 0) is 110 Å². The molecule has 0 spiro atoms. The molecule has 7 rings (SSSR count). The molecule has 2 aliphatic heterocycles. The van der Waals surface area contributed by atoms with Crippen molar-refractivity contribution in [3.63, 3.8) is 0 Å². The molecule has 2 atom stereocenters. The number of carbonyl (C=O) groups excluding carboxylic acids is 5. The fourth-order valence-corrected chi connectivity index (χ4v) is 8.65. The summed E-state index contributed by atoms with van der Waals surface area (Å²) in [4.78, 5) is 68.6. The summed E-state index contributed by atoms with van der Waals surface area (Å²) in [6.45, 7) is 6.69. The van der Waals surface area contributed by atoms with Crippen LogP contribution in [0.3, 0.4) is 0 Å². The second kappa shape index (κ2) is 24.1. The highest BCUT2D eigenvalue weighted by Gasteiger charge is 2.45. The predicted octanol–water partition coefficient (Wildman–Crippen LogP) is 5.90. The molecule has 3 N–H and O–H groups in total. The van der Waals surface area contributed by atoms with Crippen LogP contribution in [0.25, 0.3) is 10.9 Å². The van der Waals surface area contributed by atoms with E-state index in [0.29, 0.717) is 96.6 Å². The van der Waals surface area contributed by atoms with Gasteiger partial charge in [0.05, 0.1) is 82.7 Å². The number of imide groups is 2. The molecule has 3 aliphatic rings. The van der Waals surface area contributed by atoms with Crippen molar-refractivity contribution in [1.29, 1.82) is 0 Å². The number of aromatic nitrogens is 1. The summed E-state index contributed by atoms with van der Waals surface area (Å²) in [6, 6.07) is 18.0. The molecule has 0 bridgehead atoms. The van der Waals surface area contributed by atoms with Crippen LogP contribution in [-0.4, -0.2) is 125 Å². The van der Waals surface area contributed by atoms with E-state index in [0.717, 1.165) is 52.7 Å². The van der Waals surface area contributed by atoms with Crippen molar-refractivity contribution in [2.24, 2.45) is 11.8 Å². The summed E-state index contributed by atoms with van der Waals surface area (Å²) in [5, 5.41) is 9.27. The Morgan fingerprint density at radius 2 is 1.42 bits per heavy atom. The van der Waals surface area contributed by atoms with Gasteiger partial charge in [0.25, 0.3) is 11.8 Å². The minimum Gasteiger partial charge on any atom is -0.491 e. The summed E-state index contributed by atoms with van der Waals surface area (Å²) >= 11 is 0. The maximum absolute atomic E-state index is 14.0. The Labute approximate surface area is 383 Å². The lowest BCUT2D eigenvalue weighted by Gasteiger charge is -2.32. The van der Waals surface area contributed by atoms with Crippen LogP contribution in [0.4, 0.5) is 15.8 Å². The van der Waals surface area contributed by atoms with Crippen LogP contribution in [0, 0.1) is 17.7 Å². The number of fused-ring (bicyclic) bond motifs is 2. The topological polar surface area (TPSA) is 193 Å². The smallest absolute Gasteiger partial charge is 0.264 e. The number of hydrogen-bond donors (Lipinski definition) is 3. The van der Waals surface area contributed by atoms with Gasteiger partial charge in [-0.15, -0.1) is 0 Å². The standard InChI is InChI=1S/C49H58FN5O11/c1-32(33-5-7-34(8-6-33)38-17-18-51-41-14-9-35(50)31-40(38)41)46(57)53-36-10-12-37(13-11-36)66-30-29-65-28-27-64-26-25-63-24-23-62-22-21-61-20-19-52-42-4-2-3-39-45(42)49(60)55(48(39)59)43-15-16-44(56)54-47(43)58/h2-4,9-14,17-18,31-34,43,52H,5-8,15-16,19-30H2,1H3,(H,53,57)(H,54,56,58)/t32-,33?,34?,43?/m1/s1. The molecule has 3 heterocycles. The summed E-state index contributed by atoms with van der Waals surface area (Å²) in [5.41, 5.74) is 3.55. The second-order valence-corrected chi connectivity index (χ2v) is 16.5. The van der Waals surface area contributed by atoms with Gasteiger partial charge in [0.1, 0.15) is 24.2 Å². The SMILES string of the molecule is C[C@@H](C(=O)Nc1ccc(OCCOCCOCCOCCOCCOCCNc2cccc3c2C(=O)N(C2CCC(=O)NC2=O)C3=O)cc1)C1CCC(c2ccnc3ccc(F)cc23)CC1. The largest absolute Gasteiger partial charge is 0.491 e. The highest BCUT2D eigenvalue weighted by Crippen LogP contribution is 2.41. The van der Waals surface area contributed by atoms with Gasteiger partial charge in [0.2, 0.25) is 17.7 Å². The fraction of sp³-hybridized carbons (Fsp3) is 0.469. The second-order valence-electron chi connectivity index (χ2n) is 16.5. The van der Waals surface area contributed by atoms with Crippen LogP contribution in [0.15, 0.2) is 72.9 Å². The number of anilines is 2. The van der Waals surface area contributed by atoms with E-state index in [1.165, 1.54) is 6.07 Å². The number of nitrogens with zero attached hydrogens (tertiary/aromatic N) is 2. The van der Waals surface area contributed by atoms with Crippen molar-refractivity contribution in [1.82, 2.24) is 15.2 Å². The van der Waals surface area contributed by atoms with E-state index in [2.05, 4.69) is 20.9 Å². The predicted molar refractivity (Wildman–Crippen MR) is 242 cm³/mol. The normalized spacial score (nSPS) is 18.9. The quantitative estimate of drug-likeness (QED) is 0.0527. The van der Waals surface area contributed by atoms with Crippen molar-refractivity contribution >= 4 is 51.8 Å². The van der Waals surface area contributed by atoms with Crippen LogP contribution in [0.2, 0.25) is 0 Å². The number of carbonyl (C=O) groups is 5. The zero-order valence-electron chi connectivity index (χ0n) is 37.2. The van der Waals surface area contributed by atoms with E-state index in [1.54, 1.807) is 36.5 Å². The van der Waals surface area contributed by atoms with E-state index in [4.69, 9.17) is 28.4 Å². The number of nitrogens with one attached hydrogen (secondary N) is 3. The van der Waals surface area contributed by atoms with Crippen LogP contribution in [-0.2, 0) is 38.1 Å². The Bertz CT molecular complexity index is 2310. The van der Waals surface area contributed by atoms with Gasteiger partial charge in [-0.3, -0.25) is 39.2 Å². The Morgan fingerprint density at radius 1 is 0.773 bits per heavy atom. The van der Waals surface area contributed by atoms with E-state index in [-0.39, 0.29) is 47.5 Å². The molecule has 17 heteroatoms. The minimum atomic E-state index is -1.02. The summed E-state index contributed by atoms with van der Waals surface area (Å²) < 4.78 is 47.7. The molecule has 1 saturated heterocycles. The number of ether oxygens (including phenoxy) is 6. The van der Waals surface area contributed by atoms with Crippen molar-refractivity contribution in [3.8, 4) is 5.75 Å². The van der Waals surface area contributed by atoms with Gasteiger partial charge in [-0.25, -0.2) is 4.39 Å². The first kappa shape index (κ1) is 48.1. The summed E-state index contributed by atoms with van der Waals surface area (Å²) in [6.07, 6.45) is 5.73. The number of benzene rings is 3. The number of pyridine rings is 1. The number of amides is 5. The molecule has 1 aromatic heterocycles. The molecular weight excluding hydrogens is 854 g/mol. The zero-order valence-corrected chi connectivity index (χ0v) is 37.2. The molecule has 1 aliphatic carbocycles. The molecule has 5 amide bonds. The number of halogens is 1. The van der Waals surface area contributed by atoms with Gasteiger partial charge in [0.15, 0.2) is 0 Å².